The number of nitrogens with zero attached hydrogens (tertiary/aromatic N) is 2. The van der Waals surface area contributed by atoms with Crippen LogP contribution in [0.4, 0.5) is 0 Å². The van der Waals surface area contributed by atoms with E-state index in [1.165, 1.54) is 49.0 Å². The van der Waals surface area contributed by atoms with Crippen LogP contribution in [0.3, 0.4) is 0 Å². The number of benzene rings is 9. The third-order valence-corrected chi connectivity index (χ3v) is 10.9. The number of fused-ring (bicyclic) bond motifs is 9. The third-order valence-electron chi connectivity index (χ3n) is 10.9. The molecule has 0 unspecified atom stereocenters. The molecular weight excluding hydrogens is 669 g/mol. The Balaban J connectivity index is 1.01. The van der Waals surface area contributed by atoms with E-state index in [0.717, 1.165) is 50.0 Å². The van der Waals surface area contributed by atoms with E-state index in [4.69, 9.17) is 14.4 Å². The van der Waals surface area contributed by atoms with Crippen LogP contribution < -0.4 is 0 Å². The summed E-state index contributed by atoms with van der Waals surface area (Å²) in [6, 6.07) is 68.7. The fourth-order valence-electron chi connectivity index (χ4n) is 8.15. The smallest absolute Gasteiger partial charge is 0.180 e. The predicted octanol–water partition coefficient (Wildman–Crippen LogP) is 14.2. The van der Waals surface area contributed by atoms with Crippen molar-refractivity contribution in [3.05, 3.63) is 194 Å². The Morgan fingerprint density at radius 3 is 1.40 bits per heavy atom. The Morgan fingerprint density at radius 1 is 0.291 bits per heavy atom. The zero-order chi connectivity index (χ0) is 36.3. The zero-order valence-electron chi connectivity index (χ0n) is 29.8. The molecule has 2 heterocycles. The molecule has 0 amide bonds. The molecule has 0 radical (unpaired) electrons. The Kier molecular flexibility index (Phi) is 7.17. The molecule has 0 aliphatic carbocycles. The fraction of sp³-hybridized carbons (Fsp3) is 0. The highest BCUT2D eigenvalue weighted by atomic mass is 16.3. The minimum Gasteiger partial charge on any atom is -0.452 e. The van der Waals surface area contributed by atoms with Crippen LogP contribution >= 0.6 is 0 Å². The highest BCUT2D eigenvalue weighted by Crippen LogP contribution is 2.40. The summed E-state index contributed by atoms with van der Waals surface area (Å²) in [6.07, 6.45) is 0. The molecule has 0 spiro atoms. The fourth-order valence-corrected chi connectivity index (χ4v) is 8.15. The highest BCUT2D eigenvalue weighted by Gasteiger charge is 2.19. The van der Waals surface area contributed by atoms with Gasteiger partial charge in [-0.3, -0.25) is 0 Å². The van der Waals surface area contributed by atoms with Gasteiger partial charge in [0.05, 0.1) is 0 Å². The lowest BCUT2D eigenvalue weighted by molar-refractivity contribution is 0.667. The van der Waals surface area contributed by atoms with Gasteiger partial charge >= 0.3 is 0 Å². The van der Waals surface area contributed by atoms with E-state index in [1.54, 1.807) is 0 Å². The van der Waals surface area contributed by atoms with Crippen LogP contribution in [-0.4, -0.2) is 9.97 Å². The van der Waals surface area contributed by atoms with E-state index in [0.29, 0.717) is 11.4 Å². The van der Waals surface area contributed by atoms with E-state index in [2.05, 4.69) is 170 Å². The molecule has 3 nitrogen and oxygen atoms in total. The lowest BCUT2D eigenvalue weighted by Crippen LogP contribution is -1.94. The average molecular weight is 701 g/mol. The van der Waals surface area contributed by atoms with Gasteiger partial charge in [-0.15, -0.1) is 0 Å². The van der Waals surface area contributed by atoms with Crippen molar-refractivity contribution in [2.24, 2.45) is 0 Å². The first kappa shape index (κ1) is 31.2. The van der Waals surface area contributed by atoms with Gasteiger partial charge in [0.25, 0.3) is 0 Å². The molecule has 0 aliphatic heterocycles. The van der Waals surface area contributed by atoms with Crippen LogP contribution in [0, 0.1) is 0 Å². The molecule has 11 rings (SSSR count). The highest BCUT2D eigenvalue weighted by molar-refractivity contribution is 6.25. The van der Waals surface area contributed by atoms with Crippen LogP contribution in [0.1, 0.15) is 0 Å². The molecule has 11 aromatic rings. The first-order chi connectivity index (χ1) is 27.2. The lowest BCUT2D eigenvalue weighted by atomic mass is 9.91. The van der Waals surface area contributed by atoms with Crippen molar-refractivity contribution in [1.29, 1.82) is 0 Å². The molecule has 2 aromatic heterocycles. The first-order valence-electron chi connectivity index (χ1n) is 18.6. The molecule has 9 aromatic carbocycles. The van der Waals surface area contributed by atoms with Crippen LogP contribution in [0.2, 0.25) is 0 Å². The van der Waals surface area contributed by atoms with Crippen molar-refractivity contribution >= 4 is 54.4 Å². The second kappa shape index (κ2) is 12.6. The average Bonchev–Trinajstić information content (AvgIpc) is 3.65. The van der Waals surface area contributed by atoms with Crippen LogP contribution in [0.5, 0.6) is 0 Å². The predicted molar refractivity (Wildman–Crippen MR) is 229 cm³/mol. The maximum Gasteiger partial charge on any atom is 0.180 e. The molecule has 0 atom stereocenters. The quantitative estimate of drug-likeness (QED) is 0.168. The van der Waals surface area contributed by atoms with E-state index < -0.39 is 0 Å². The summed E-state index contributed by atoms with van der Waals surface area (Å²) < 4.78 is 6.68. The molecule has 0 saturated heterocycles. The van der Waals surface area contributed by atoms with Crippen molar-refractivity contribution in [3.63, 3.8) is 0 Å². The van der Waals surface area contributed by atoms with Gasteiger partial charge in [-0.1, -0.05) is 170 Å². The molecule has 0 aliphatic rings. The molecular formula is C52H32N2O. The summed E-state index contributed by atoms with van der Waals surface area (Å²) in [5.41, 5.74) is 11.9. The lowest BCUT2D eigenvalue weighted by Gasteiger charge is -2.12. The summed E-state index contributed by atoms with van der Waals surface area (Å²) in [5, 5.41) is 8.63. The number of aromatic nitrogens is 2. The number of hydrogen-bond acceptors (Lipinski definition) is 3. The molecule has 256 valence electrons. The summed E-state index contributed by atoms with van der Waals surface area (Å²) in [6.45, 7) is 0. The Morgan fingerprint density at radius 2 is 0.745 bits per heavy atom. The largest absolute Gasteiger partial charge is 0.452 e. The summed E-state index contributed by atoms with van der Waals surface area (Å²) in [4.78, 5) is 10.3. The van der Waals surface area contributed by atoms with Crippen molar-refractivity contribution in [1.82, 2.24) is 9.97 Å². The topological polar surface area (TPSA) is 38.9 Å². The second-order valence-electron chi connectivity index (χ2n) is 14.1. The normalized spacial score (nSPS) is 11.6. The molecule has 3 heteroatoms. The van der Waals surface area contributed by atoms with Crippen molar-refractivity contribution < 1.29 is 4.42 Å². The summed E-state index contributed by atoms with van der Waals surface area (Å²) >= 11 is 0. The van der Waals surface area contributed by atoms with E-state index >= 15 is 0 Å². The van der Waals surface area contributed by atoms with Gasteiger partial charge in [-0.05, 0) is 90.0 Å². The van der Waals surface area contributed by atoms with Crippen molar-refractivity contribution in [2.75, 3.05) is 0 Å². The first-order valence-corrected chi connectivity index (χ1v) is 18.6. The Hall–Kier alpha value is -7.36. The minimum absolute atomic E-state index is 0.668. The summed E-state index contributed by atoms with van der Waals surface area (Å²) in [5.74, 6) is 0.668. The van der Waals surface area contributed by atoms with Gasteiger partial charge in [0.2, 0.25) is 0 Å². The maximum absolute atomic E-state index is 6.68. The number of rotatable bonds is 5. The summed E-state index contributed by atoms with van der Waals surface area (Å²) in [7, 11) is 0. The van der Waals surface area contributed by atoms with Gasteiger partial charge in [0.15, 0.2) is 11.4 Å². The molecule has 0 bridgehead atoms. The molecule has 0 saturated carbocycles. The van der Waals surface area contributed by atoms with Gasteiger partial charge in [-0.2, -0.15) is 0 Å². The van der Waals surface area contributed by atoms with E-state index in [1.807, 2.05) is 24.3 Å². The molecule has 55 heavy (non-hydrogen) atoms. The maximum atomic E-state index is 6.68. The number of hydrogen-bond donors (Lipinski definition) is 0. The monoisotopic (exact) mass is 700 g/mol. The van der Waals surface area contributed by atoms with E-state index in [9.17, 15) is 0 Å². The minimum atomic E-state index is 0.668. The number of furan rings is 1. The van der Waals surface area contributed by atoms with E-state index in [-0.39, 0.29) is 0 Å². The van der Waals surface area contributed by atoms with Gasteiger partial charge < -0.3 is 4.42 Å². The SMILES string of the molecule is c1ccc(-c2ccc(-c3nc(-c4ccccc4)c4oc5cc(-c6cccc(-c7ccc8c9ccccc9c9ccccc9c8c7)c6)ccc5c4n3)cc2)cc1. The van der Waals surface area contributed by atoms with Crippen LogP contribution in [0.15, 0.2) is 199 Å². The standard InChI is InChI=1S/C52H32N2O/c1-3-12-33(13-4-1)34-22-24-36(25-23-34)52-53-49(35-14-5-2-6-15-35)51-50(54-52)46-29-27-40(32-48(46)55-51)38-17-11-16-37(30-38)39-26-28-45-43-20-8-7-18-41(43)42-19-9-10-21-44(42)47(45)31-39/h1-32H. The van der Waals surface area contributed by atoms with Gasteiger partial charge in [-0.25, -0.2) is 9.97 Å². The van der Waals surface area contributed by atoms with Crippen molar-refractivity contribution in [2.45, 2.75) is 0 Å². The Bertz CT molecular complexity index is 3200. The van der Waals surface area contributed by atoms with Crippen LogP contribution in [0.25, 0.3) is 110 Å². The molecule has 0 fully saturated rings. The zero-order valence-corrected chi connectivity index (χ0v) is 29.8. The molecule has 0 N–H and O–H groups in total. The van der Waals surface area contributed by atoms with Crippen molar-refractivity contribution in [3.8, 4) is 56.0 Å². The second-order valence-corrected chi connectivity index (χ2v) is 14.1. The third kappa shape index (κ3) is 5.28. The Labute approximate surface area is 317 Å². The van der Waals surface area contributed by atoms with Gasteiger partial charge in [0.1, 0.15) is 16.8 Å². The van der Waals surface area contributed by atoms with Gasteiger partial charge in [0, 0.05) is 16.5 Å². The van der Waals surface area contributed by atoms with Crippen LogP contribution in [-0.2, 0) is 0 Å².